The zero-order chi connectivity index (χ0) is 16.9. The second-order valence-electron chi connectivity index (χ2n) is 8.04. The monoisotopic (exact) mass is 328 g/mol. The molecule has 3 rings (SSSR count). The van der Waals surface area contributed by atoms with E-state index in [4.69, 9.17) is 0 Å². The van der Waals surface area contributed by atoms with Gasteiger partial charge in [-0.25, -0.2) is 0 Å². The van der Waals surface area contributed by atoms with E-state index >= 15 is 0 Å². The minimum absolute atomic E-state index is 0.340. The molecule has 1 aromatic carbocycles. The molecule has 0 aliphatic carbocycles. The standard InChI is InChI=1S/C21H32N2O/c1-17(2)13-21(24)23-15-19(14-22-11-7-4-8-12-22)20(16-23)18-9-5-3-6-10-18/h3,5-6,9-10,17,19-20H,4,7-8,11-16H2,1-2H3/t19-,20+/m1/s1. The molecule has 1 amide bonds. The lowest BCUT2D eigenvalue weighted by Crippen LogP contribution is -2.37. The van der Waals surface area contributed by atoms with Crippen LogP contribution in [0.15, 0.2) is 30.3 Å². The molecule has 0 bridgehead atoms. The summed E-state index contributed by atoms with van der Waals surface area (Å²) in [5, 5.41) is 0. The Balaban J connectivity index is 1.71. The summed E-state index contributed by atoms with van der Waals surface area (Å²) in [6.45, 7) is 9.71. The van der Waals surface area contributed by atoms with Crippen molar-refractivity contribution in [2.75, 3.05) is 32.7 Å². The Labute approximate surface area is 147 Å². The van der Waals surface area contributed by atoms with Crippen molar-refractivity contribution in [2.24, 2.45) is 11.8 Å². The third kappa shape index (κ3) is 4.38. The van der Waals surface area contributed by atoms with Gasteiger partial charge in [-0.1, -0.05) is 50.6 Å². The Kier molecular flexibility index (Phi) is 5.94. The molecule has 2 heterocycles. The molecule has 2 aliphatic rings. The van der Waals surface area contributed by atoms with Crippen molar-refractivity contribution in [2.45, 2.75) is 45.4 Å². The zero-order valence-corrected chi connectivity index (χ0v) is 15.3. The Hall–Kier alpha value is -1.35. The quantitative estimate of drug-likeness (QED) is 0.821. The largest absolute Gasteiger partial charge is 0.342 e. The van der Waals surface area contributed by atoms with Crippen molar-refractivity contribution in [3.8, 4) is 0 Å². The summed E-state index contributed by atoms with van der Waals surface area (Å²) in [5.74, 6) is 1.84. The highest BCUT2D eigenvalue weighted by molar-refractivity contribution is 5.76. The molecule has 0 unspecified atom stereocenters. The molecule has 3 heteroatoms. The molecule has 0 radical (unpaired) electrons. The number of hydrogen-bond donors (Lipinski definition) is 0. The lowest BCUT2D eigenvalue weighted by Gasteiger charge is -2.31. The molecule has 0 spiro atoms. The van der Waals surface area contributed by atoms with Crippen LogP contribution < -0.4 is 0 Å². The van der Waals surface area contributed by atoms with E-state index in [2.05, 4.69) is 54.0 Å². The van der Waals surface area contributed by atoms with Gasteiger partial charge in [0.1, 0.15) is 0 Å². The normalized spacial score (nSPS) is 25.4. The van der Waals surface area contributed by atoms with Gasteiger partial charge in [0, 0.05) is 32.0 Å². The van der Waals surface area contributed by atoms with Crippen LogP contribution in [0.2, 0.25) is 0 Å². The number of hydrogen-bond acceptors (Lipinski definition) is 2. The fourth-order valence-electron chi connectivity index (χ4n) is 4.29. The summed E-state index contributed by atoms with van der Waals surface area (Å²) in [4.78, 5) is 17.3. The molecule has 3 nitrogen and oxygen atoms in total. The number of rotatable bonds is 5. The average molecular weight is 328 g/mol. The van der Waals surface area contributed by atoms with Crippen LogP contribution in [0, 0.1) is 11.8 Å². The number of piperidine rings is 1. The zero-order valence-electron chi connectivity index (χ0n) is 15.3. The maximum absolute atomic E-state index is 12.6. The van der Waals surface area contributed by atoms with Crippen LogP contribution in [-0.4, -0.2) is 48.4 Å². The topological polar surface area (TPSA) is 23.6 Å². The fraction of sp³-hybridized carbons (Fsp3) is 0.667. The van der Waals surface area contributed by atoms with Crippen LogP contribution in [-0.2, 0) is 4.79 Å². The van der Waals surface area contributed by atoms with Crippen molar-refractivity contribution >= 4 is 5.91 Å². The van der Waals surface area contributed by atoms with Gasteiger partial charge < -0.3 is 9.80 Å². The Morgan fingerprint density at radius 3 is 2.46 bits per heavy atom. The van der Waals surface area contributed by atoms with Crippen molar-refractivity contribution in [1.29, 1.82) is 0 Å². The Morgan fingerprint density at radius 2 is 1.79 bits per heavy atom. The van der Waals surface area contributed by atoms with Crippen molar-refractivity contribution in [3.63, 3.8) is 0 Å². The first kappa shape index (κ1) is 17.5. The minimum atomic E-state index is 0.340. The lowest BCUT2D eigenvalue weighted by molar-refractivity contribution is -0.131. The molecule has 2 atom stereocenters. The fourth-order valence-corrected chi connectivity index (χ4v) is 4.29. The van der Waals surface area contributed by atoms with E-state index in [0.29, 0.717) is 30.1 Å². The van der Waals surface area contributed by atoms with Gasteiger partial charge >= 0.3 is 0 Å². The van der Waals surface area contributed by atoms with E-state index in [1.54, 1.807) is 0 Å². The van der Waals surface area contributed by atoms with Crippen molar-refractivity contribution < 1.29 is 4.79 Å². The molecule has 2 fully saturated rings. The summed E-state index contributed by atoms with van der Waals surface area (Å²) in [7, 11) is 0. The molecule has 0 saturated carbocycles. The maximum atomic E-state index is 12.6. The second-order valence-corrected chi connectivity index (χ2v) is 8.04. The minimum Gasteiger partial charge on any atom is -0.342 e. The van der Waals surface area contributed by atoms with E-state index in [-0.39, 0.29) is 0 Å². The van der Waals surface area contributed by atoms with Gasteiger partial charge in [0.2, 0.25) is 5.91 Å². The molecule has 2 saturated heterocycles. The van der Waals surface area contributed by atoms with Crippen LogP contribution in [0.4, 0.5) is 0 Å². The van der Waals surface area contributed by atoms with Gasteiger partial charge in [-0.05, 0) is 43.3 Å². The summed E-state index contributed by atoms with van der Waals surface area (Å²) in [6.07, 6.45) is 4.72. The predicted octanol–water partition coefficient (Wildman–Crippen LogP) is 3.76. The van der Waals surface area contributed by atoms with Gasteiger partial charge in [0.05, 0.1) is 0 Å². The number of likely N-dealkylation sites (tertiary alicyclic amines) is 2. The Morgan fingerprint density at radius 1 is 1.08 bits per heavy atom. The van der Waals surface area contributed by atoms with Gasteiger partial charge in [0.15, 0.2) is 0 Å². The van der Waals surface area contributed by atoms with Gasteiger partial charge in [-0.15, -0.1) is 0 Å². The summed E-state index contributed by atoms with van der Waals surface area (Å²) < 4.78 is 0. The second kappa shape index (κ2) is 8.15. The molecular formula is C21H32N2O. The molecule has 1 aromatic rings. The first-order valence-electron chi connectivity index (χ1n) is 9.68. The molecule has 0 N–H and O–H groups in total. The number of carbonyl (C=O) groups is 1. The van der Waals surface area contributed by atoms with E-state index in [0.717, 1.165) is 19.6 Å². The van der Waals surface area contributed by atoms with Crippen LogP contribution in [0.3, 0.4) is 0 Å². The molecule has 24 heavy (non-hydrogen) atoms. The van der Waals surface area contributed by atoms with Gasteiger partial charge in [-0.2, -0.15) is 0 Å². The van der Waals surface area contributed by atoms with Gasteiger partial charge in [0.25, 0.3) is 0 Å². The number of amides is 1. The van der Waals surface area contributed by atoms with Crippen LogP contribution in [0.1, 0.15) is 51.0 Å². The Bertz CT molecular complexity index is 522. The third-order valence-corrected chi connectivity index (χ3v) is 5.55. The van der Waals surface area contributed by atoms with Crippen LogP contribution >= 0.6 is 0 Å². The van der Waals surface area contributed by atoms with E-state index < -0.39 is 0 Å². The number of benzene rings is 1. The average Bonchev–Trinajstić information content (AvgIpc) is 3.00. The lowest BCUT2D eigenvalue weighted by atomic mass is 9.88. The van der Waals surface area contributed by atoms with E-state index in [1.807, 2.05) is 0 Å². The summed E-state index contributed by atoms with van der Waals surface area (Å²) >= 11 is 0. The van der Waals surface area contributed by atoms with E-state index in [1.165, 1.54) is 37.9 Å². The summed E-state index contributed by atoms with van der Waals surface area (Å²) in [5.41, 5.74) is 1.40. The maximum Gasteiger partial charge on any atom is 0.222 e. The summed E-state index contributed by atoms with van der Waals surface area (Å²) in [6, 6.07) is 10.8. The highest BCUT2D eigenvalue weighted by Crippen LogP contribution is 2.34. The molecule has 132 valence electrons. The molecule has 0 aromatic heterocycles. The highest BCUT2D eigenvalue weighted by Gasteiger charge is 2.37. The van der Waals surface area contributed by atoms with E-state index in [9.17, 15) is 4.79 Å². The molecule has 2 aliphatic heterocycles. The number of nitrogens with zero attached hydrogens (tertiary/aromatic N) is 2. The predicted molar refractivity (Wildman–Crippen MR) is 99.0 cm³/mol. The number of carbonyl (C=O) groups excluding carboxylic acids is 1. The molecular weight excluding hydrogens is 296 g/mol. The van der Waals surface area contributed by atoms with Gasteiger partial charge in [-0.3, -0.25) is 4.79 Å². The smallest absolute Gasteiger partial charge is 0.222 e. The van der Waals surface area contributed by atoms with Crippen molar-refractivity contribution in [1.82, 2.24) is 9.80 Å². The van der Waals surface area contributed by atoms with Crippen LogP contribution in [0.5, 0.6) is 0 Å². The van der Waals surface area contributed by atoms with Crippen LogP contribution in [0.25, 0.3) is 0 Å². The van der Waals surface area contributed by atoms with Crippen molar-refractivity contribution in [3.05, 3.63) is 35.9 Å². The highest BCUT2D eigenvalue weighted by atomic mass is 16.2. The first-order chi connectivity index (χ1) is 11.6. The SMILES string of the molecule is CC(C)CC(=O)N1C[C@@H](CN2CCCCC2)[C@H](c2ccccc2)C1. The third-order valence-electron chi connectivity index (χ3n) is 5.55. The first-order valence-corrected chi connectivity index (χ1v) is 9.68.